The van der Waals surface area contributed by atoms with Crippen molar-refractivity contribution in [2.45, 2.75) is 0 Å². The van der Waals surface area contributed by atoms with E-state index in [-0.39, 0.29) is 22.8 Å². The minimum atomic E-state index is -0.386. The summed E-state index contributed by atoms with van der Waals surface area (Å²) in [7, 11) is 1.55. The zero-order valence-corrected chi connectivity index (χ0v) is 12.8. The number of nitrogens with one attached hydrogen (secondary N) is 1. The van der Waals surface area contributed by atoms with Gasteiger partial charge in [0.2, 0.25) is 0 Å². The van der Waals surface area contributed by atoms with Crippen LogP contribution in [0.2, 0.25) is 0 Å². The molecule has 110 valence electrons. The van der Waals surface area contributed by atoms with Gasteiger partial charge in [-0.15, -0.1) is 0 Å². The Morgan fingerprint density at radius 1 is 1.24 bits per heavy atom. The number of methoxy groups -OCH3 is 1. The smallest absolute Gasteiger partial charge is 0.262 e. The van der Waals surface area contributed by atoms with E-state index >= 15 is 0 Å². The van der Waals surface area contributed by atoms with Gasteiger partial charge in [-0.1, -0.05) is 6.07 Å². The zero-order chi connectivity index (χ0) is 15.2. The molecule has 0 fully saturated rings. The molecular weight excluding hydrogens is 341 g/mol. The Hall–Kier alpha value is -2.08. The summed E-state index contributed by atoms with van der Waals surface area (Å²) in [4.78, 5) is 11.8. The number of benzene rings is 2. The number of rotatable bonds is 5. The predicted molar refractivity (Wildman–Crippen MR) is 81.2 cm³/mol. The van der Waals surface area contributed by atoms with Crippen molar-refractivity contribution in [2.24, 2.45) is 0 Å². The molecule has 0 saturated heterocycles. The van der Waals surface area contributed by atoms with E-state index in [1.54, 1.807) is 31.4 Å². The molecular formula is C15H13BrFNO3. The number of halogens is 2. The molecule has 21 heavy (non-hydrogen) atoms. The van der Waals surface area contributed by atoms with E-state index in [4.69, 9.17) is 9.47 Å². The van der Waals surface area contributed by atoms with Crippen LogP contribution in [0, 0.1) is 5.82 Å². The van der Waals surface area contributed by atoms with Crippen LogP contribution in [0.4, 0.5) is 10.1 Å². The van der Waals surface area contributed by atoms with Crippen molar-refractivity contribution in [2.75, 3.05) is 19.0 Å². The van der Waals surface area contributed by atoms with Crippen LogP contribution in [0.3, 0.4) is 0 Å². The Labute approximate surface area is 130 Å². The number of anilines is 1. The van der Waals surface area contributed by atoms with Gasteiger partial charge < -0.3 is 14.8 Å². The molecule has 6 heteroatoms. The first-order chi connectivity index (χ1) is 10.1. The van der Waals surface area contributed by atoms with Gasteiger partial charge in [-0.2, -0.15) is 0 Å². The van der Waals surface area contributed by atoms with Crippen LogP contribution in [-0.2, 0) is 4.79 Å². The lowest BCUT2D eigenvalue weighted by molar-refractivity contribution is -0.118. The van der Waals surface area contributed by atoms with Crippen LogP contribution >= 0.6 is 15.9 Å². The monoisotopic (exact) mass is 353 g/mol. The predicted octanol–water partition coefficient (Wildman–Crippen LogP) is 3.61. The van der Waals surface area contributed by atoms with E-state index in [0.717, 1.165) is 0 Å². The molecule has 0 aromatic heterocycles. The summed E-state index contributed by atoms with van der Waals surface area (Å²) in [5, 5.41) is 2.68. The summed E-state index contributed by atoms with van der Waals surface area (Å²) in [6, 6.07) is 11.2. The van der Waals surface area contributed by atoms with Gasteiger partial charge in [-0.05, 0) is 46.3 Å². The highest BCUT2D eigenvalue weighted by Gasteiger charge is 2.06. The molecule has 1 amide bonds. The molecule has 0 aliphatic heterocycles. The number of hydrogen-bond donors (Lipinski definition) is 1. The maximum Gasteiger partial charge on any atom is 0.262 e. The van der Waals surface area contributed by atoms with Gasteiger partial charge >= 0.3 is 0 Å². The van der Waals surface area contributed by atoms with Crippen molar-refractivity contribution in [3.05, 3.63) is 52.8 Å². The number of carbonyl (C=O) groups excluding carboxylic acids is 1. The molecule has 1 N–H and O–H groups in total. The van der Waals surface area contributed by atoms with Crippen LogP contribution in [0.1, 0.15) is 0 Å². The van der Waals surface area contributed by atoms with Crippen LogP contribution in [0.5, 0.6) is 11.5 Å². The molecule has 0 atom stereocenters. The third-order valence-electron chi connectivity index (χ3n) is 2.61. The molecule has 2 aromatic rings. The van der Waals surface area contributed by atoms with Crippen LogP contribution in [0.25, 0.3) is 0 Å². The van der Waals surface area contributed by atoms with E-state index < -0.39 is 0 Å². The molecule has 0 heterocycles. The van der Waals surface area contributed by atoms with Crippen molar-refractivity contribution >= 4 is 27.5 Å². The highest BCUT2D eigenvalue weighted by Crippen LogP contribution is 2.21. The molecule has 0 radical (unpaired) electrons. The third kappa shape index (κ3) is 4.46. The van der Waals surface area contributed by atoms with E-state index in [1.165, 1.54) is 18.2 Å². The Bertz CT molecular complexity index is 649. The lowest BCUT2D eigenvalue weighted by Gasteiger charge is -2.09. The summed E-state index contributed by atoms with van der Waals surface area (Å²) in [6.45, 7) is -0.171. The van der Waals surface area contributed by atoms with E-state index in [9.17, 15) is 9.18 Å². The van der Waals surface area contributed by atoms with E-state index in [1.807, 2.05) is 0 Å². The van der Waals surface area contributed by atoms with Gasteiger partial charge in [-0.25, -0.2) is 4.39 Å². The molecule has 0 aliphatic rings. The van der Waals surface area contributed by atoms with Crippen molar-refractivity contribution in [1.82, 2.24) is 0 Å². The SMILES string of the molecule is COc1cccc(NC(=O)COc2ccc(F)c(Br)c2)c1. The van der Waals surface area contributed by atoms with Crippen LogP contribution in [0.15, 0.2) is 46.9 Å². The van der Waals surface area contributed by atoms with E-state index in [0.29, 0.717) is 17.2 Å². The first kappa shape index (κ1) is 15.3. The minimum Gasteiger partial charge on any atom is -0.497 e. The fourth-order valence-corrected chi connectivity index (χ4v) is 1.97. The van der Waals surface area contributed by atoms with Gasteiger partial charge in [0, 0.05) is 11.8 Å². The summed E-state index contributed by atoms with van der Waals surface area (Å²) in [5.74, 6) is 0.354. The fraction of sp³-hybridized carbons (Fsp3) is 0.133. The fourth-order valence-electron chi connectivity index (χ4n) is 1.61. The summed E-state index contributed by atoms with van der Waals surface area (Å²) < 4.78 is 23.7. The summed E-state index contributed by atoms with van der Waals surface area (Å²) >= 11 is 3.05. The first-order valence-corrected chi connectivity index (χ1v) is 6.89. The average molecular weight is 354 g/mol. The molecule has 2 rings (SSSR count). The van der Waals surface area contributed by atoms with Crippen LogP contribution in [-0.4, -0.2) is 19.6 Å². The maximum absolute atomic E-state index is 13.1. The average Bonchev–Trinajstić information content (AvgIpc) is 2.48. The molecule has 4 nitrogen and oxygen atoms in total. The molecule has 0 spiro atoms. The Morgan fingerprint density at radius 3 is 2.76 bits per heavy atom. The number of carbonyl (C=O) groups is 1. The standard InChI is InChI=1S/C15H13BrFNO3/c1-20-11-4-2-3-10(7-11)18-15(19)9-21-12-5-6-14(17)13(16)8-12/h2-8H,9H2,1H3,(H,18,19). The van der Waals surface area contributed by atoms with Crippen molar-refractivity contribution in [3.63, 3.8) is 0 Å². The van der Waals surface area contributed by atoms with Gasteiger partial charge in [0.15, 0.2) is 6.61 Å². The normalized spacial score (nSPS) is 10.0. The van der Waals surface area contributed by atoms with E-state index in [2.05, 4.69) is 21.2 Å². The number of ether oxygens (including phenoxy) is 2. The second kappa shape index (κ2) is 7.08. The summed E-state index contributed by atoms with van der Waals surface area (Å²) in [5.41, 5.74) is 0.614. The van der Waals surface area contributed by atoms with Crippen molar-refractivity contribution in [3.8, 4) is 11.5 Å². The lowest BCUT2D eigenvalue weighted by Crippen LogP contribution is -2.20. The van der Waals surface area contributed by atoms with Crippen molar-refractivity contribution in [1.29, 1.82) is 0 Å². The quantitative estimate of drug-likeness (QED) is 0.892. The van der Waals surface area contributed by atoms with Gasteiger partial charge in [0.1, 0.15) is 17.3 Å². The van der Waals surface area contributed by atoms with Gasteiger partial charge in [0.05, 0.1) is 11.6 Å². The van der Waals surface area contributed by atoms with Crippen LogP contribution < -0.4 is 14.8 Å². The summed E-state index contributed by atoms with van der Waals surface area (Å²) in [6.07, 6.45) is 0. The second-order valence-electron chi connectivity index (χ2n) is 4.14. The third-order valence-corrected chi connectivity index (χ3v) is 3.22. The Balaban J connectivity index is 1.90. The molecule has 2 aromatic carbocycles. The second-order valence-corrected chi connectivity index (χ2v) is 5.00. The topological polar surface area (TPSA) is 47.6 Å². The molecule has 0 bridgehead atoms. The van der Waals surface area contributed by atoms with Gasteiger partial charge in [-0.3, -0.25) is 4.79 Å². The lowest BCUT2D eigenvalue weighted by atomic mass is 10.3. The highest BCUT2D eigenvalue weighted by atomic mass is 79.9. The molecule has 0 aliphatic carbocycles. The Kier molecular flexibility index (Phi) is 5.16. The Morgan fingerprint density at radius 2 is 2.05 bits per heavy atom. The maximum atomic E-state index is 13.1. The number of amides is 1. The van der Waals surface area contributed by atoms with Crippen molar-refractivity contribution < 1.29 is 18.7 Å². The molecule has 0 unspecified atom stereocenters. The zero-order valence-electron chi connectivity index (χ0n) is 11.2. The minimum absolute atomic E-state index is 0.171. The number of hydrogen-bond acceptors (Lipinski definition) is 3. The highest BCUT2D eigenvalue weighted by molar-refractivity contribution is 9.10. The largest absolute Gasteiger partial charge is 0.497 e. The van der Waals surface area contributed by atoms with Gasteiger partial charge in [0.25, 0.3) is 5.91 Å². The first-order valence-electron chi connectivity index (χ1n) is 6.10. The molecule has 0 saturated carbocycles.